The number of thioether (sulfide) groups is 4. The highest BCUT2D eigenvalue weighted by Gasteiger charge is 2.51. The molecule has 4 aromatic carbocycles. The molecule has 144 heavy (non-hydrogen) atoms. The molecule has 0 aliphatic heterocycles. The highest BCUT2D eigenvalue weighted by molar-refractivity contribution is 7.99. The number of ether oxygens (including phenoxy) is 4. The third-order valence-electron chi connectivity index (χ3n) is 19.7. The number of rotatable bonds is 40. The standard InChI is InChI=1S/4C24H31FN6O4S/c4*1-3-8-36-24-27-22(26-16-10-14(16)13-5-4-12(2)15(25)9-13)19-23(28-24)31(30-29-19)17-11-18(35-7-6-32)21(34)20(17)33/h4*4-5,9,14,16-18,20-21,32-34H,3,6-8,10-11H2,1-2H3,(H,26,27,28)/t4*14-,16+,17+,18-,20-,21+/m0000/s1/i4D,5D,6D2,7D2,9D,10D2,11D2,14D,16D,17D,18D,20D,21D;4D,5D,8D2,9D,10D2,11D2,14D,16D,17D,18D,20D,21D;4D,5D,7D2,9D,10D2,11D2,14D,16D,17D,18D,20D,21D;4D,5D,6D2,9D,10D2,11D2,14D,16D,17D,18D,20D,21D. The van der Waals surface area contributed by atoms with Crippen LogP contribution in [0.15, 0.2) is 93.1 Å². The molecule has 40 nitrogen and oxygen atoms in total. The predicted molar refractivity (Wildman–Crippen MR) is 530 cm³/mol. The Labute approximate surface area is 930 Å². The molecule has 48 heteroatoms. The summed E-state index contributed by atoms with van der Waals surface area (Å²) in [7, 11) is 0. The van der Waals surface area contributed by atoms with Crippen molar-refractivity contribution < 1.29 is 183 Å². The minimum Gasteiger partial charge on any atom is -0.394 e. The molecule has 0 bridgehead atoms. The summed E-state index contributed by atoms with van der Waals surface area (Å²) in [6.45, 7) is -8.52. The lowest BCUT2D eigenvalue weighted by atomic mass is 10.1. The lowest BCUT2D eigenvalue weighted by Gasteiger charge is -2.17. The molecule has 0 unspecified atom stereocenters. The molecule has 0 radical (unpaired) electrons. The maximum atomic E-state index is 15.0. The van der Waals surface area contributed by atoms with E-state index >= 15 is 0 Å². The molecule has 8 heterocycles. The zero-order chi connectivity index (χ0) is 157. The van der Waals surface area contributed by atoms with Crippen molar-refractivity contribution in [3.05, 3.63) is 140 Å². The summed E-state index contributed by atoms with van der Waals surface area (Å²) in [6, 6.07) is -38.3. The summed E-state index contributed by atoms with van der Waals surface area (Å²) < 4.78 is 602. The minimum absolute atomic E-state index is 0.00183. The van der Waals surface area contributed by atoms with Crippen molar-refractivity contribution in [2.24, 2.45) is 0 Å². The van der Waals surface area contributed by atoms with Crippen molar-refractivity contribution in [3.8, 4) is 0 Å². The Morgan fingerprint density at radius 2 is 0.639 bits per heavy atom. The summed E-state index contributed by atoms with van der Waals surface area (Å²) in [5.41, 5.74) is -13.5. The van der Waals surface area contributed by atoms with Crippen molar-refractivity contribution in [1.29, 1.82) is 0 Å². The van der Waals surface area contributed by atoms with E-state index in [0.717, 1.165) is 63.0 Å². The smallest absolute Gasteiger partial charge is 0.191 e. The molecule has 8 aliphatic carbocycles. The molecule has 24 atom stereocenters. The number of hydrogen-bond acceptors (Lipinski definition) is 40. The molecule has 8 aliphatic rings. The first kappa shape index (κ1) is 53.1. The molecule has 8 aromatic heterocycles. The number of halogens is 4. The number of fused-ring (bicyclic) bond motifs is 4. The van der Waals surface area contributed by atoms with Gasteiger partial charge < -0.3 is 101 Å². The van der Waals surface area contributed by atoms with Gasteiger partial charge in [-0.2, -0.15) is 0 Å². The van der Waals surface area contributed by atoms with Gasteiger partial charge in [0.05, 0.1) is 156 Å². The largest absolute Gasteiger partial charge is 0.394 e. The molecule has 12 aromatic rings. The molecule has 776 valence electrons. The molecule has 16 N–H and O–H groups in total. The van der Waals surface area contributed by atoms with E-state index in [9.17, 15) is 78.8 Å². The van der Waals surface area contributed by atoms with Gasteiger partial charge >= 0.3 is 0 Å². The second-order valence-electron chi connectivity index (χ2n) is 29.8. The van der Waals surface area contributed by atoms with Crippen molar-refractivity contribution in [3.63, 3.8) is 0 Å². The number of hydrogen-bond donors (Lipinski definition) is 16. The molecule has 0 saturated heterocycles. The number of aliphatic hydroxyl groups excluding tert-OH is 2. The lowest BCUT2D eigenvalue weighted by molar-refractivity contribution is -0.0629. The van der Waals surface area contributed by atoms with Crippen LogP contribution in [0.2, 0.25) is 0 Å². The SMILES string of the molecule is [2H]c1c([2H])c([C@]2([2H])C([2H])([2H])[C@@]2([2H])Nc2nc(SC([2H])([2H])CC)nc3c2nnn3[C@]2([2H])C([2H])([2H])[C@]([2H])(OCCO)[C@@]([2H])(O)[C@@]2([2H])O)c([2H])c(F)c1C.[2H]c1c([2H])c([C@]2([2H])C([2H])([2H])[C@@]2([2H])Nc2nc(SCCC)nc3c2nnn3[C@]2([2H])C([2H])([2H])[C@]([2H])(OC([2H])([2H])C([2H])([2H])O)[C@@]([2H])(O)[C@@]2([2H])O)c([2H])c(F)c1C.[2H]c1c([2H])c([C@]2([2H])C([2H])([2H])[C@@]2([2H])Nc2nc(SCCC)nc3c2nnn3[C@]2([2H])C([2H])([2H])[C@]([2H])(OC([2H])([2H])CO)[C@@]([2H])(O)[C@@]2([2H])O)c([2H])c(F)c1C.[2H]c1c([2H])c([C@]2([2H])C([2H])([2H])[C@@]2([2H])Nc2nc(SCCC)nc3c2nnn3[C@]2([2H])C([2H])([2H])[C@]([2H])(OCC([2H])([2H])O)[C@@]([2H])(O)[C@@]2([2H])O)c([2H])c(F)c1C. The summed E-state index contributed by atoms with van der Waals surface area (Å²) >= 11 is 3.01. The number of anilines is 4. The summed E-state index contributed by atoms with van der Waals surface area (Å²) in [5, 5.41) is 164. The van der Waals surface area contributed by atoms with Crippen LogP contribution in [-0.4, -0.2) is 334 Å². The number of nitrogens with zero attached hydrogens (tertiary/aromatic N) is 20. The van der Waals surface area contributed by atoms with Crippen molar-refractivity contribution in [1.82, 2.24) is 99.8 Å². The summed E-state index contributed by atoms with van der Waals surface area (Å²) in [6.07, 6.45) is -76.1. The monoisotopic (exact) mass is 2140 g/mol. The second-order valence-corrected chi connectivity index (χ2v) is 33.8. The summed E-state index contributed by atoms with van der Waals surface area (Å²) in [5.74, 6) is -19.0. The fourth-order valence-corrected chi connectivity index (χ4v) is 15.1. The molecule has 20 rings (SSSR count). The Balaban J connectivity index is 0.000000177. The van der Waals surface area contributed by atoms with Gasteiger partial charge in [0.2, 0.25) is 0 Å². The fourth-order valence-electron chi connectivity index (χ4n) is 12.5. The summed E-state index contributed by atoms with van der Waals surface area (Å²) in [4.78, 5) is 33.1. The number of aliphatic hydroxyl groups is 12. The molecular formula is C96H124F4N24O16S4. The van der Waals surface area contributed by atoms with Gasteiger partial charge in [0.15, 0.2) is 88.6 Å². The zero-order valence-corrected chi connectivity index (χ0v) is 78.6. The minimum atomic E-state index is -4.40. The quantitative estimate of drug-likeness (QED) is 0.00969. The Morgan fingerprint density at radius 1 is 0.361 bits per heavy atom. The van der Waals surface area contributed by atoms with Crippen LogP contribution in [0.4, 0.5) is 40.8 Å². The predicted octanol–water partition coefficient (Wildman–Crippen LogP) is 8.73. The molecule has 0 amide bonds. The van der Waals surface area contributed by atoms with Gasteiger partial charge in [-0.05, 0) is 148 Å². The van der Waals surface area contributed by atoms with E-state index in [-0.39, 0.29) is 46.4 Å². The second kappa shape index (κ2) is 47.3. The van der Waals surface area contributed by atoms with E-state index in [2.05, 4.69) is 112 Å². The van der Waals surface area contributed by atoms with Crippen molar-refractivity contribution in [2.45, 2.75) is 297 Å². The van der Waals surface area contributed by atoms with Crippen molar-refractivity contribution in [2.75, 3.05) is 96.9 Å². The van der Waals surface area contributed by atoms with Gasteiger partial charge in [-0.15, -0.1) is 20.4 Å². The van der Waals surface area contributed by atoms with Crippen LogP contribution in [0, 0.1) is 51.0 Å². The first-order valence-corrected chi connectivity index (χ1v) is 46.1. The van der Waals surface area contributed by atoms with Gasteiger partial charge in [0.1, 0.15) is 71.9 Å². The molecule has 8 saturated carbocycles. The van der Waals surface area contributed by atoms with Gasteiger partial charge in [-0.1, -0.05) is 144 Å². The van der Waals surface area contributed by atoms with Crippen LogP contribution in [0.25, 0.3) is 44.7 Å². The van der Waals surface area contributed by atoms with E-state index < -0.39 is 467 Å². The maximum Gasteiger partial charge on any atom is 0.191 e. The van der Waals surface area contributed by atoms with E-state index in [1.54, 1.807) is 20.8 Å². The highest BCUT2D eigenvalue weighted by atomic mass is 32.2. The van der Waals surface area contributed by atoms with Crippen LogP contribution in [-0.2, 0) is 18.9 Å². The number of benzene rings is 4. The van der Waals surface area contributed by atoms with E-state index in [0.29, 0.717) is 42.5 Å². The third-order valence-corrected chi connectivity index (χ3v) is 23.7. The van der Waals surface area contributed by atoms with Gasteiger partial charge in [-0.3, -0.25) is 0 Å². The number of nitrogens with one attached hydrogen (secondary N) is 4. The first-order valence-electron chi connectivity index (χ1n) is 73.3. The van der Waals surface area contributed by atoms with E-state index in [1.807, 2.05) is 0 Å². The molecular weight excluding hydrogens is 1950 g/mol. The zero-order valence-electron chi connectivity index (χ0n) is 137. The molecule has 0 spiro atoms. The Kier molecular flexibility index (Phi) is 17.4. The molecule has 8 fully saturated rings. The lowest BCUT2D eigenvalue weighted by Crippen LogP contribution is -2.33. The maximum absolute atomic E-state index is 15.0. The Bertz CT molecular complexity index is 9920. The van der Waals surface area contributed by atoms with Crippen molar-refractivity contribution >= 4 is 115 Å². The third kappa shape index (κ3) is 23.8. The topological polar surface area (TPSA) is 554 Å². The Morgan fingerprint density at radius 3 is 0.903 bits per heavy atom. The average molecular weight is 2140 g/mol. The average Bonchev–Trinajstić information content (AvgIpc) is 1.45. The fraction of sp³-hybridized carbons (Fsp3) is 0.583. The first-order chi connectivity index (χ1) is 92.9. The Hall–Kier alpha value is -9.52. The van der Waals surface area contributed by atoms with E-state index in [1.165, 1.54) is 6.92 Å². The van der Waals surface area contributed by atoms with Crippen LogP contribution in [0.3, 0.4) is 0 Å². The van der Waals surface area contributed by atoms with Gasteiger partial charge in [0.25, 0.3) is 0 Å². The normalized spacial score (nSPS) is 49.4. The van der Waals surface area contributed by atoms with Gasteiger partial charge in [-0.25, -0.2) is 76.2 Å². The van der Waals surface area contributed by atoms with Crippen LogP contribution < -0.4 is 21.3 Å². The van der Waals surface area contributed by atoms with E-state index in [4.69, 9.17) is 94.5 Å². The van der Waals surface area contributed by atoms with Crippen LogP contribution in [0.5, 0.6) is 0 Å². The number of aromatic nitrogens is 20. The van der Waals surface area contributed by atoms with Crippen LogP contribution in [0.1, 0.15) is 282 Å². The highest BCUT2D eigenvalue weighted by Crippen LogP contribution is 2.50. The van der Waals surface area contributed by atoms with Gasteiger partial charge in [0, 0.05) is 126 Å². The van der Waals surface area contributed by atoms with Crippen LogP contribution >= 0.6 is 47.0 Å².